The highest BCUT2D eigenvalue weighted by Gasteiger charge is 2.22. The normalized spacial score (nSPS) is 10.7. The van der Waals surface area contributed by atoms with Crippen molar-refractivity contribution in [3.8, 4) is 5.75 Å². The Kier molecular flexibility index (Phi) is 2.68. The van der Waals surface area contributed by atoms with Crippen LogP contribution in [0.1, 0.15) is 0 Å². The molecule has 8 heteroatoms. The number of aromatic nitrogens is 1. The van der Waals surface area contributed by atoms with Crippen LogP contribution >= 0.6 is 23.2 Å². The van der Waals surface area contributed by atoms with Gasteiger partial charge in [-0.3, -0.25) is 14.9 Å². The SMILES string of the molecule is O=c1[nH]c2cc(Cl)c(Cl)cc2c(O)c1[N+](=O)[O-]. The van der Waals surface area contributed by atoms with Crippen molar-refractivity contribution in [3.05, 3.63) is 42.6 Å². The molecule has 0 unspecified atom stereocenters. The topological polar surface area (TPSA) is 96.2 Å². The second kappa shape index (κ2) is 3.90. The molecule has 0 aliphatic carbocycles. The van der Waals surface area contributed by atoms with E-state index in [1.807, 2.05) is 0 Å². The molecule has 0 aliphatic rings. The Balaban J connectivity index is 2.97. The first-order chi connectivity index (χ1) is 7.91. The summed E-state index contributed by atoms with van der Waals surface area (Å²) in [5, 5.41) is 20.6. The van der Waals surface area contributed by atoms with E-state index in [2.05, 4.69) is 4.98 Å². The minimum absolute atomic E-state index is 0.0608. The van der Waals surface area contributed by atoms with Gasteiger partial charge in [0, 0.05) is 5.39 Å². The van der Waals surface area contributed by atoms with E-state index in [-0.39, 0.29) is 20.9 Å². The molecule has 2 rings (SSSR count). The Bertz CT molecular complexity index is 695. The summed E-state index contributed by atoms with van der Waals surface area (Å²) >= 11 is 11.5. The van der Waals surface area contributed by atoms with Crippen molar-refractivity contribution in [1.82, 2.24) is 4.98 Å². The molecule has 0 saturated carbocycles. The number of pyridine rings is 1. The number of aromatic amines is 1. The Morgan fingerprint density at radius 2 is 1.88 bits per heavy atom. The molecule has 0 amide bonds. The average molecular weight is 275 g/mol. The quantitative estimate of drug-likeness (QED) is 0.617. The number of hydrogen-bond donors (Lipinski definition) is 2. The van der Waals surface area contributed by atoms with Crippen molar-refractivity contribution in [3.63, 3.8) is 0 Å². The fraction of sp³-hybridized carbons (Fsp3) is 0. The second-order valence-electron chi connectivity index (χ2n) is 3.22. The molecule has 0 saturated heterocycles. The average Bonchev–Trinajstić information content (AvgIpc) is 2.21. The van der Waals surface area contributed by atoms with Gasteiger partial charge >= 0.3 is 11.2 Å². The fourth-order valence-electron chi connectivity index (χ4n) is 1.43. The fourth-order valence-corrected chi connectivity index (χ4v) is 1.76. The molecule has 0 spiro atoms. The minimum atomic E-state index is -1.00. The van der Waals surface area contributed by atoms with Gasteiger partial charge in [0.1, 0.15) is 0 Å². The highest BCUT2D eigenvalue weighted by Crippen LogP contribution is 2.34. The van der Waals surface area contributed by atoms with Crippen LogP contribution in [0.3, 0.4) is 0 Å². The van der Waals surface area contributed by atoms with Crippen LogP contribution in [0, 0.1) is 10.1 Å². The summed E-state index contributed by atoms with van der Waals surface area (Å²) in [5.74, 6) is -0.729. The molecule has 2 aromatic rings. The van der Waals surface area contributed by atoms with Crippen LogP contribution < -0.4 is 5.56 Å². The monoisotopic (exact) mass is 274 g/mol. The molecule has 6 nitrogen and oxygen atoms in total. The maximum Gasteiger partial charge on any atom is 0.375 e. The van der Waals surface area contributed by atoms with Crippen molar-refractivity contribution in [2.75, 3.05) is 0 Å². The van der Waals surface area contributed by atoms with Gasteiger partial charge in [0.05, 0.1) is 20.5 Å². The van der Waals surface area contributed by atoms with Crippen molar-refractivity contribution >= 4 is 39.8 Å². The molecule has 2 N–H and O–H groups in total. The van der Waals surface area contributed by atoms with Crippen molar-refractivity contribution in [2.45, 2.75) is 0 Å². The smallest absolute Gasteiger partial charge is 0.375 e. The number of nitrogens with one attached hydrogen (secondary N) is 1. The van der Waals surface area contributed by atoms with E-state index in [1.165, 1.54) is 12.1 Å². The van der Waals surface area contributed by atoms with Crippen LogP contribution in [0.25, 0.3) is 10.9 Å². The van der Waals surface area contributed by atoms with Gasteiger partial charge in [-0.25, -0.2) is 0 Å². The molecule has 88 valence electrons. The Morgan fingerprint density at radius 3 is 2.47 bits per heavy atom. The maximum atomic E-state index is 11.4. The predicted octanol–water partition coefficient (Wildman–Crippen LogP) is 2.45. The van der Waals surface area contributed by atoms with E-state index in [1.54, 1.807) is 0 Å². The van der Waals surface area contributed by atoms with Crippen molar-refractivity contribution < 1.29 is 10.0 Å². The molecule has 0 fully saturated rings. The first kappa shape index (κ1) is 11.7. The van der Waals surface area contributed by atoms with Crippen LogP contribution in [0.15, 0.2) is 16.9 Å². The maximum absolute atomic E-state index is 11.4. The van der Waals surface area contributed by atoms with Crippen LogP contribution in [-0.2, 0) is 0 Å². The highest BCUT2D eigenvalue weighted by atomic mass is 35.5. The third-order valence-corrected chi connectivity index (χ3v) is 2.91. The van der Waals surface area contributed by atoms with E-state index in [0.717, 1.165) is 0 Å². The van der Waals surface area contributed by atoms with Crippen LogP contribution in [0.2, 0.25) is 10.0 Å². The minimum Gasteiger partial charge on any atom is -0.501 e. The number of benzene rings is 1. The summed E-state index contributed by atoms with van der Waals surface area (Å²) in [7, 11) is 0. The first-order valence-corrected chi connectivity index (χ1v) is 5.06. The molecular formula is C9H4Cl2N2O4. The van der Waals surface area contributed by atoms with Crippen molar-refractivity contribution in [2.24, 2.45) is 0 Å². The zero-order valence-corrected chi connectivity index (χ0v) is 9.54. The number of halogens is 2. The molecular weight excluding hydrogens is 271 g/mol. The lowest BCUT2D eigenvalue weighted by molar-refractivity contribution is -0.387. The molecule has 17 heavy (non-hydrogen) atoms. The van der Waals surface area contributed by atoms with Crippen LogP contribution in [0.5, 0.6) is 5.75 Å². The van der Waals surface area contributed by atoms with Gasteiger partial charge in [0.15, 0.2) is 0 Å². The van der Waals surface area contributed by atoms with E-state index < -0.39 is 21.9 Å². The number of rotatable bonds is 1. The molecule has 0 atom stereocenters. The molecule has 0 bridgehead atoms. The van der Waals surface area contributed by atoms with E-state index in [0.29, 0.717) is 0 Å². The Labute approximate surface area is 104 Å². The lowest BCUT2D eigenvalue weighted by atomic mass is 10.2. The van der Waals surface area contributed by atoms with E-state index in [9.17, 15) is 20.0 Å². The Hall–Kier alpha value is -1.79. The van der Waals surface area contributed by atoms with E-state index >= 15 is 0 Å². The van der Waals surface area contributed by atoms with Gasteiger partial charge < -0.3 is 10.1 Å². The summed E-state index contributed by atoms with van der Waals surface area (Å²) in [6.07, 6.45) is 0. The summed E-state index contributed by atoms with van der Waals surface area (Å²) in [4.78, 5) is 23.2. The summed E-state index contributed by atoms with van der Waals surface area (Å²) < 4.78 is 0. The third-order valence-electron chi connectivity index (χ3n) is 2.19. The van der Waals surface area contributed by atoms with Gasteiger partial charge in [-0.05, 0) is 12.1 Å². The molecule has 1 aromatic heterocycles. The number of aromatic hydroxyl groups is 1. The zero-order valence-electron chi connectivity index (χ0n) is 8.03. The van der Waals surface area contributed by atoms with Crippen LogP contribution in [0.4, 0.5) is 5.69 Å². The first-order valence-electron chi connectivity index (χ1n) is 4.30. The number of nitrogens with zero attached hydrogens (tertiary/aromatic N) is 1. The van der Waals surface area contributed by atoms with Gasteiger partial charge in [0.2, 0.25) is 5.75 Å². The van der Waals surface area contributed by atoms with Gasteiger partial charge in [-0.2, -0.15) is 0 Å². The summed E-state index contributed by atoms with van der Waals surface area (Å²) in [5.41, 5.74) is -1.75. The predicted molar refractivity (Wildman–Crippen MR) is 62.9 cm³/mol. The van der Waals surface area contributed by atoms with Crippen LogP contribution in [-0.4, -0.2) is 15.0 Å². The van der Waals surface area contributed by atoms with Gasteiger partial charge in [-0.1, -0.05) is 23.2 Å². The molecule has 0 aliphatic heterocycles. The van der Waals surface area contributed by atoms with Crippen molar-refractivity contribution in [1.29, 1.82) is 0 Å². The van der Waals surface area contributed by atoms with Gasteiger partial charge in [0.25, 0.3) is 0 Å². The van der Waals surface area contributed by atoms with E-state index in [4.69, 9.17) is 23.2 Å². The number of fused-ring (bicyclic) bond motifs is 1. The lowest BCUT2D eigenvalue weighted by Crippen LogP contribution is -2.11. The summed E-state index contributed by atoms with van der Waals surface area (Å²) in [6, 6.07) is 2.56. The standard InChI is InChI=1S/C9H4Cl2N2O4/c10-4-1-3-6(2-5(4)11)12-9(15)7(8(3)14)13(16)17/h1-2H,(H2,12,14,15). The number of nitro groups is 1. The molecule has 1 aromatic carbocycles. The largest absolute Gasteiger partial charge is 0.501 e. The Morgan fingerprint density at radius 1 is 1.29 bits per heavy atom. The third kappa shape index (κ3) is 1.81. The molecule has 0 radical (unpaired) electrons. The molecule has 1 heterocycles. The lowest BCUT2D eigenvalue weighted by Gasteiger charge is -2.03. The zero-order chi connectivity index (χ0) is 12.7. The van der Waals surface area contributed by atoms with Gasteiger partial charge in [-0.15, -0.1) is 0 Å². The summed E-state index contributed by atoms with van der Waals surface area (Å²) in [6.45, 7) is 0. The number of hydrogen-bond acceptors (Lipinski definition) is 4. The highest BCUT2D eigenvalue weighted by molar-refractivity contribution is 6.42. The second-order valence-corrected chi connectivity index (χ2v) is 4.03. The number of H-pyrrole nitrogens is 1.